The minimum absolute atomic E-state index is 0.130. The van der Waals surface area contributed by atoms with Gasteiger partial charge in [-0.05, 0) is 46.9 Å². The SMILES string of the molecule is O=C(Nc1cn2cc(I)ccc2n1)C(F)(F)F.O=Cc1ccc2nc(NC(=O)C(F)(F)F)cn2c1. The summed E-state index contributed by atoms with van der Waals surface area (Å²) in [5.41, 5.74) is 1.12. The van der Waals surface area contributed by atoms with Gasteiger partial charge in [0.2, 0.25) is 0 Å². The zero-order chi connectivity index (χ0) is 26.0. The van der Waals surface area contributed by atoms with Crippen LogP contribution in [0.2, 0.25) is 0 Å². The van der Waals surface area contributed by atoms with Crippen LogP contribution in [0.25, 0.3) is 11.3 Å². The summed E-state index contributed by atoms with van der Waals surface area (Å²) in [6.45, 7) is 0. The summed E-state index contributed by atoms with van der Waals surface area (Å²) in [5.74, 6) is -4.49. The van der Waals surface area contributed by atoms with Gasteiger partial charge in [-0.3, -0.25) is 14.4 Å². The third kappa shape index (κ3) is 6.67. The van der Waals surface area contributed by atoms with Gasteiger partial charge in [0.15, 0.2) is 17.9 Å². The number of carbonyl (C=O) groups is 3. The second-order valence-electron chi connectivity index (χ2n) is 6.61. The Labute approximate surface area is 204 Å². The second kappa shape index (κ2) is 9.88. The molecule has 0 unspecified atom stereocenters. The van der Waals surface area contributed by atoms with Crippen LogP contribution in [-0.2, 0) is 9.59 Å². The van der Waals surface area contributed by atoms with Gasteiger partial charge in [0.1, 0.15) is 11.3 Å². The van der Waals surface area contributed by atoms with Crippen LogP contribution in [0, 0.1) is 3.57 Å². The number of hydrogen-bond donors (Lipinski definition) is 2. The predicted octanol–water partition coefficient (Wildman–Crippen LogP) is 4.09. The van der Waals surface area contributed by atoms with Gasteiger partial charge in [0, 0.05) is 21.5 Å². The molecule has 4 heterocycles. The molecule has 2 N–H and O–H groups in total. The van der Waals surface area contributed by atoms with E-state index in [4.69, 9.17) is 0 Å². The van der Waals surface area contributed by atoms with Gasteiger partial charge in [0.25, 0.3) is 0 Å². The molecule has 35 heavy (non-hydrogen) atoms. The lowest BCUT2D eigenvalue weighted by Gasteiger charge is -2.04. The van der Waals surface area contributed by atoms with Crippen LogP contribution in [0.3, 0.4) is 0 Å². The zero-order valence-corrected chi connectivity index (χ0v) is 19.0. The van der Waals surface area contributed by atoms with Crippen LogP contribution in [0.15, 0.2) is 49.1 Å². The fraction of sp³-hybridized carbons (Fsp3) is 0.105. The van der Waals surface area contributed by atoms with Gasteiger partial charge in [0.05, 0.1) is 12.4 Å². The average Bonchev–Trinajstić information content (AvgIpc) is 3.34. The number of rotatable bonds is 3. The van der Waals surface area contributed by atoms with Gasteiger partial charge in [-0.2, -0.15) is 26.3 Å². The Balaban J connectivity index is 0.000000196. The molecular formula is C19H11F6IN6O3. The first-order chi connectivity index (χ1) is 16.3. The van der Waals surface area contributed by atoms with Crippen molar-refractivity contribution >= 4 is 63.6 Å². The summed E-state index contributed by atoms with van der Waals surface area (Å²) in [5, 5.41) is 3.32. The number of anilines is 2. The number of amides is 2. The Morgan fingerprint density at radius 3 is 1.69 bits per heavy atom. The van der Waals surface area contributed by atoms with Crippen molar-refractivity contribution in [3.05, 3.63) is 58.2 Å². The molecule has 0 radical (unpaired) electrons. The van der Waals surface area contributed by atoms with Crippen molar-refractivity contribution in [1.82, 2.24) is 18.8 Å². The molecule has 16 heteroatoms. The molecule has 0 saturated carbocycles. The Bertz CT molecular complexity index is 1410. The highest BCUT2D eigenvalue weighted by Gasteiger charge is 2.39. The van der Waals surface area contributed by atoms with Crippen LogP contribution in [0.5, 0.6) is 0 Å². The molecule has 184 valence electrons. The predicted molar refractivity (Wildman–Crippen MR) is 118 cm³/mol. The molecule has 2 amide bonds. The highest BCUT2D eigenvalue weighted by molar-refractivity contribution is 14.1. The van der Waals surface area contributed by atoms with Gasteiger partial charge in [-0.15, -0.1) is 0 Å². The van der Waals surface area contributed by atoms with Crippen molar-refractivity contribution in [2.75, 3.05) is 10.6 Å². The maximum Gasteiger partial charge on any atom is 0.471 e. The number of carbonyl (C=O) groups excluding carboxylic acids is 3. The molecule has 0 fully saturated rings. The van der Waals surface area contributed by atoms with Gasteiger partial charge >= 0.3 is 24.2 Å². The van der Waals surface area contributed by atoms with Crippen molar-refractivity contribution in [1.29, 1.82) is 0 Å². The number of fused-ring (bicyclic) bond motifs is 2. The summed E-state index contributed by atoms with van der Waals surface area (Å²) in [4.78, 5) is 39.5. The fourth-order valence-electron chi connectivity index (χ4n) is 2.54. The number of halogens is 7. The van der Waals surface area contributed by atoms with E-state index in [9.17, 15) is 40.7 Å². The molecule has 0 spiro atoms. The molecule has 0 aromatic carbocycles. The number of alkyl halides is 6. The first-order valence-corrected chi connectivity index (χ1v) is 10.2. The Morgan fingerprint density at radius 1 is 0.771 bits per heavy atom. The smallest absolute Gasteiger partial charge is 0.304 e. The van der Waals surface area contributed by atoms with E-state index in [1.165, 1.54) is 39.5 Å². The highest BCUT2D eigenvalue weighted by Crippen LogP contribution is 2.19. The molecule has 0 atom stereocenters. The lowest BCUT2D eigenvalue weighted by atomic mass is 10.3. The van der Waals surface area contributed by atoms with Crippen LogP contribution in [-0.4, -0.2) is 49.2 Å². The average molecular weight is 612 g/mol. The summed E-state index contributed by atoms with van der Waals surface area (Å²) < 4.78 is 75.9. The van der Waals surface area contributed by atoms with Crippen LogP contribution >= 0.6 is 22.6 Å². The van der Waals surface area contributed by atoms with E-state index in [-0.39, 0.29) is 11.6 Å². The Morgan fingerprint density at radius 2 is 1.23 bits per heavy atom. The summed E-state index contributed by atoms with van der Waals surface area (Å²) >= 11 is 2.06. The van der Waals surface area contributed by atoms with Crippen molar-refractivity contribution in [3.63, 3.8) is 0 Å². The molecule has 0 aliphatic heterocycles. The normalized spacial score (nSPS) is 11.6. The number of nitrogens with one attached hydrogen (secondary N) is 2. The number of nitrogens with zero attached hydrogens (tertiary/aromatic N) is 4. The topological polar surface area (TPSA) is 110 Å². The molecule has 4 aromatic heterocycles. The monoisotopic (exact) mass is 612 g/mol. The molecule has 0 saturated heterocycles. The third-order valence-electron chi connectivity index (χ3n) is 4.02. The molecule has 0 aliphatic carbocycles. The van der Waals surface area contributed by atoms with E-state index in [2.05, 4.69) is 32.6 Å². The van der Waals surface area contributed by atoms with E-state index in [0.717, 1.165) is 3.57 Å². The Hall–Kier alpha value is -3.70. The molecule has 4 rings (SSSR count). The number of aromatic nitrogens is 4. The van der Waals surface area contributed by atoms with Gasteiger partial charge in [-0.25, -0.2) is 9.97 Å². The van der Waals surface area contributed by atoms with Crippen molar-refractivity contribution in [2.24, 2.45) is 0 Å². The lowest BCUT2D eigenvalue weighted by Crippen LogP contribution is -2.30. The van der Waals surface area contributed by atoms with E-state index in [1.54, 1.807) is 29.0 Å². The molecule has 0 aliphatic rings. The van der Waals surface area contributed by atoms with Crippen LogP contribution in [0.4, 0.5) is 38.0 Å². The molecule has 4 aromatic rings. The maximum absolute atomic E-state index is 12.0. The van der Waals surface area contributed by atoms with Crippen molar-refractivity contribution in [3.8, 4) is 0 Å². The Kier molecular flexibility index (Phi) is 7.32. The zero-order valence-electron chi connectivity index (χ0n) is 16.9. The summed E-state index contributed by atoms with van der Waals surface area (Å²) in [6, 6.07) is 6.32. The number of imidazole rings is 2. The van der Waals surface area contributed by atoms with Gasteiger partial charge < -0.3 is 19.4 Å². The third-order valence-corrected chi connectivity index (χ3v) is 4.66. The van der Waals surface area contributed by atoms with Crippen molar-refractivity contribution < 1.29 is 40.7 Å². The number of aldehydes is 1. The van der Waals surface area contributed by atoms with Gasteiger partial charge in [-0.1, -0.05) is 0 Å². The first-order valence-electron chi connectivity index (χ1n) is 9.11. The highest BCUT2D eigenvalue weighted by atomic mass is 127. The fourth-order valence-corrected chi connectivity index (χ4v) is 3.02. The quantitative estimate of drug-likeness (QED) is 0.206. The second-order valence-corrected chi connectivity index (χ2v) is 7.86. The number of hydrogen-bond acceptors (Lipinski definition) is 5. The van der Waals surface area contributed by atoms with Crippen LogP contribution in [0.1, 0.15) is 10.4 Å². The number of pyridine rings is 2. The minimum atomic E-state index is -4.97. The van der Waals surface area contributed by atoms with Crippen LogP contribution < -0.4 is 10.6 Å². The van der Waals surface area contributed by atoms with E-state index in [0.29, 0.717) is 23.1 Å². The molecular weight excluding hydrogens is 601 g/mol. The standard InChI is InChI=1S/C10H6F3N3O2.C9H5F3IN3O/c11-10(12,13)9(18)15-7-4-16-3-6(5-17)1-2-8(16)14-7;10-9(11,12)8(17)15-6-4-16-3-5(13)1-2-7(16)14-6/h1-5H,(H,15,18);1-4H,(H,15,17). The molecule has 9 nitrogen and oxygen atoms in total. The lowest BCUT2D eigenvalue weighted by molar-refractivity contribution is -0.167. The summed E-state index contributed by atoms with van der Waals surface area (Å²) in [7, 11) is 0. The molecule has 0 bridgehead atoms. The van der Waals surface area contributed by atoms with E-state index in [1.807, 2.05) is 0 Å². The van der Waals surface area contributed by atoms with E-state index >= 15 is 0 Å². The van der Waals surface area contributed by atoms with E-state index < -0.39 is 24.2 Å². The first kappa shape index (κ1) is 25.9. The van der Waals surface area contributed by atoms with Crippen molar-refractivity contribution in [2.45, 2.75) is 12.4 Å². The minimum Gasteiger partial charge on any atom is -0.304 e. The maximum atomic E-state index is 12.0. The summed E-state index contributed by atoms with van der Waals surface area (Å²) in [6.07, 6.45) is -3.71. The largest absolute Gasteiger partial charge is 0.471 e.